The van der Waals surface area contributed by atoms with E-state index in [0.717, 1.165) is 32.1 Å². The van der Waals surface area contributed by atoms with Crippen molar-refractivity contribution in [1.82, 2.24) is 15.3 Å². The van der Waals surface area contributed by atoms with Gasteiger partial charge in [0.05, 0.1) is 0 Å². The summed E-state index contributed by atoms with van der Waals surface area (Å²) >= 11 is 0. The lowest BCUT2D eigenvalue weighted by atomic mass is 9.50. The molecule has 0 aromatic carbocycles. The molecule has 1 amide bonds. The molecule has 21 heavy (non-hydrogen) atoms. The third-order valence-corrected chi connectivity index (χ3v) is 5.38. The van der Waals surface area contributed by atoms with Gasteiger partial charge in [0, 0.05) is 23.5 Å². The highest BCUT2D eigenvalue weighted by Crippen LogP contribution is 2.58. The van der Waals surface area contributed by atoms with Gasteiger partial charge in [0.25, 0.3) is 0 Å². The first-order valence-corrected chi connectivity index (χ1v) is 7.63. The largest absolute Gasteiger partial charge is 0.465 e. The molecule has 2 unspecified atom stereocenters. The van der Waals surface area contributed by atoms with Gasteiger partial charge in [-0.2, -0.15) is 0 Å². The number of rotatable bonds is 3. The lowest BCUT2D eigenvalue weighted by Gasteiger charge is -2.61. The Morgan fingerprint density at radius 3 is 2.38 bits per heavy atom. The summed E-state index contributed by atoms with van der Waals surface area (Å²) in [6, 6.07) is 1.80. The van der Waals surface area contributed by atoms with Crippen molar-refractivity contribution in [1.29, 1.82) is 0 Å². The summed E-state index contributed by atoms with van der Waals surface area (Å²) in [6.45, 7) is 0. The first-order valence-electron chi connectivity index (χ1n) is 7.63. The highest BCUT2D eigenvalue weighted by atomic mass is 16.4. The van der Waals surface area contributed by atoms with Gasteiger partial charge in [-0.05, 0) is 56.4 Å². The molecule has 1 aromatic heterocycles. The number of hydrogen-bond donors (Lipinski definition) is 3. The molecule has 4 aliphatic rings. The van der Waals surface area contributed by atoms with E-state index in [-0.39, 0.29) is 11.1 Å². The zero-order valence-corrected chi connectivity index (χ0v) is 11.9. The molecule has 112 valence electrons. The van der Waals surface area contributed by atoms with E-state index >= 15 is 0 Å². The monoisotopic (exact) mass is 288 g/mol. The first kappa shape index (κ1) is 12.9. The first-order chi connectivity index (χ1) is 10.1. The van der Waals surface area contributed by atoms with Gasteiger partial charge in [-0.3, -0.25) is 0 Å². The summed E-state index contributed by atoms with van der Waals surface area (Å²) in [4.78, 5) is 19.7. The molecule has 0 radical (unpaired) electrons. The Hall–Kier alpha value is -1.85. The summed E-state index contributed by atoms with van der Waals surface area (Å²) < 4.78 is 0. The fourth-order valence-electron chi connectivity index (χ4n) is 5.38. The Morgan fingerprint density at radius 1 is 1.14 bits per heavy atom. The number of nitrogens with one attached hydrogen (secondary N) is 2. The summed E-state index contributed by atoms with van der Waals surface area (Å²) in [5.41, 5.74) is -0.300. The summed E-state index contributed by atoms with van der Waals surface area (Å²) in [6.07, 6.45) is 8.82. The van der Waals surface area contributed by atoms with Gasteiger partial charge in [0.2, 0.25) is 5.95 Å². The van der Waals surface area contributed by atoms with Gasteiger partial charge >= 0.3 is 6.09 Å². The molecule has 1 aromatic rings. The number of nitrogens with zero attached hydrogens (tertiary/aromatic N) is 2. The fraction of sp³-hybridized carbons (Fsp3) is 0.667. The smallest absolute Gasteiger partial charge is 0.405 e. The van der Waals surface area contributed by atoms with Crippen LogP contribution in [-0.4, -0.2) is 32.2 Å². The summed E-state index contributed by atoms with van der Waals surface area (Å²) in [5.74, 6) is 1.87. The standard InChI is InChI=1S/C15H20N4O2/c20-13(21)19-15-7-10-4-11(8-15)6-14(5-10,9-15)18-12-16-2-1-3-17-12/h1-3,10-11,19H,4-9H2,(H,20,21)(H,16,17,18). The Morgan fingerprint density at radius 2 is 1.76 bits per heavy atom. The number of carboxylic acid groups (broad SMARTS) is 1. The predicted octanol–water partition coefficient (Wildman–Crippen LogP) is 2.25. The lowest BCUT2D eigenvalue weighted by Crippen LogP contribution is -2.67. The topological polar surface area (TPSA) is 87.1 Å². The fourth-order valence-corrected chi connectivity index (χ4v) is 5.38. The maximum atomic E-state index is 11.2. The van der Waals surface area contributed by atoms with Gasteiger partial charge in [0.15, 0.2) is 0 Å². The van der Waals surface area contributed by atoms with Crippen molar-refractivity contribution in [2.75, 3.05) is 5.32 Å². The van der Waals surface area contributed by atoms with Crippen LogP contribution in [0.5, 0.6) is 0 Å². The molecule has 6 nitrogen and oxygen atoms in total. The molecule has 4 bridgehead atoms. The highest BCUT2D eigenvalue weighted by Gasteiger charge is 2.58. The van der Waals surface area contributed by atoms with Crippen molar-refractivity contribution in [3.05, 3.63) is 18.5 Å². The van der Waals surface area contributed by atoms with Crippen LogP contribution in [0.2, 0.25) is 0 Å². The van der Waals surface area contributed by atoms with Crippen molar-refractivity contribution in [3.63, 3.8) is 0 Å². The van der Waals surface area contributed by atoms with Gasteiger partial charge in [0.1, 0.15) is 0 Å². The Labute approximate surface area is 123 Å². The maximum absolute atomic E-state index is 11.2. The number of hydrogen-bond acceptors (Lipinski definition) is 4. The Kier molecular flexibility index (Phi) is 2.65. The molecular weight excluding hydrogens is 268 g/mol. The van der Waals surface area contributed by atoms with E-state index in [4.69, 9.17) is 0 Å². The van der Waals surface area contributed by atoms with Crippen LogP contribution in [0.1, 0.15) is 38.5 Å². The zero-order valence-electron chi connectivity index (χ0n) is 11.9. The molecule has 0 saturated heterocycles. The van der Waals surface area contributed by atoms with E-state index in [2.05, 4.69) is 20.6 Å². The average molecular weight is 288 g/mol. The average Bonchev–Trinajstić information content (AvgIpc) is 2.35. The second-order valence-corrected chi connectivity index (χ2v) is 7.15. The molecule has 4 saturated carbocycles. The molecule has 1 heterocycles. The molecule has 4 fully saturated rings. The van der Waals surface area contributed by atoms with Crippen molar-refractivity contribution >= 4 is 12.0 Å². The Bertz CT molecular complexity index is 548. The molecule has 3 N–H and O–H groups in total. The van der Waals surface area contributed by atoms with Gasteiger partial charge in [-0.1, -0.05) is 0 Å². The second kappa shape index (κ2) is 4.32. The Balaban J connectivity index is 1.62. The molecule has 0 spiro atoms. The van der Waals surface area contributed by atoms with Crippen LogP contribution < -0.4 is 10.6 Å². The second-order valence-electron chi connectivity index (χ2n) is 7.15. The van der Waals surface area contributed by atoms with Crippen molar-refractivity contribution < 1.29 is 9.90 Å². The summed E-state index contributed by atoms with van der Waals surface area (Å²) in [5, 5.41) is 15.6. The minimum absolute atomic E-state index is 0.0477. The third-order valence-electron chi connectivity index (χ3n) is 5.38. The van der Waals surface area contributed by atoms with Crippen LogP contribution >= 0.6 is 0 Å². The van der Waals surface area contributed by atoms with E-state index in [1.54, 1.807) is 18.5 Å². The van der Waals surface area contributed by atoms with Crippen molar-refractivity contribution in [3.8, 4) is 0 Å². The minimum atomic E-state index is -0.900. The van der Waals surface area contributed by atoms with E-state index in [1.807, 2.05) is 0 Å². The van der Waals surface area contributed by atoms with Crippen molar-refractivity contribution in [2.45, 2.75) is 49.6 Å². The van der Waals surface area contributed by atoms with Crippen LogP contribution in [0.4, 0.5) is 10.7 Å². The number of aromatic nitrogens is 2. The highest BCUT2D eigenvalue weighted by molar-refractivity contribution is 5.66. The van der Waals surface area contributed by atoms with Gasteiger partial charge in [-0.25, -0.2) is 14.8 Å². The molecule has 0 aliphatic heterocycles. The van der Waals surface area contributed by atoms with Crippen LogP contribution in [0.15, 0.2) is 18.5 Å². The molecule has 5 rings (SSSR count). The van der Waals surface area contributed by atoms with Crippen LogP contribution in [0, 0.1) is 11.8 Å². The molecule has 6 heteroatoms. The van der Waals surface area contributed by atoms with E-state index in [0.29, 0.717) is 17.8 Å². The minimum Gasteiger partial charge on any atom is -0.465 e. The molecule has 4 aliphatic carbocycles. The van der Waals surface area contributed by atoms with Gasteiger partial charge in [-0.15, -0.1) is 0 Å². The number of amides is 1. The lowest BCUT2D eigenvalue weighted by molar-refractivity contribution is -0.0240. The quantitative estimate of drug-likeness (QED) is 0.794. The normalized spacial score (nSPS) is 40.0. The van der Waals surface area contributed by atoms with Crippen molar-refractivity contribution in [2.24, 2.45) is 11.8 Å². The summed E-state index contributed by atoms with van der Waals surface area (Å²) in [7, 11) is 0. The van der Waals surface area contributed by atoms with E-state index in [9.17, 15) is 9.90 Å². The van der Waals surface area contributed by atoms with E-state index in [1.165, 1.54) is 6.42 Å². The molecular formula is C15H20N4O2. The number of anilines is 1. The van der Waals surface area contributed by atoms with Crippen LogP contribution in [-0.2, 0) is 0 Å². The molecule has 2 atom stereocenters. The zero-order chi connectivity index (χ0) is 14.5. The third kappa shape index (κ3) is 2.22. The maximum Gasteiger partial charge on any atom is 0.405 e. The van der Waals surface area contributed by atoms with Gasteiger partial charge < -0.3 is 15.7 Å². The number of carbonyl (C=O) groups is 1. The van der Waals surface area contributed by atoms with Crippen LogP contribution in [0.25, 0.3) is 0 Å². The predicted molar refractivity (Wildman–Crippen MR) is 77.0 cm³/mol. The van der Waals surface area contributed by atoms with E-state index < -0.39 is 6.09 Å². The SMILES string of the molecule is O=C(O)NC12CC3CC(C1)CC(Nc1ncccn1)(C3)C2. The van der Waals surface area contributed by atoms with Crippen LogP contribution in [0.3, 0.4) is 0 Å².